The van der Waals surface area contributed by atoms with E-state index < -0.39 is 5.54 Å². The molecule has 2 amide bonds. The van der Waals surface area contributed by atoms with Crippen molar-refractivity contribution in [3.05, 3.63) is 60.3 Å². The van der Waals surface area contributed by atoms with Crippen molar-refractivity contribution in [1.29, 1.82) is 0 Å². The van der Waals surface area contributed by atoms with Gasteiger partial charge >= 0.3 is 0 Å². The lowest BCUT2D eigenvalue weighted by molar-refractivity contribution is -0.137. The summed E-state index contributed by atoms with van der Waals surface area (Å²) >= 11 is 0. The molecule has 0 aliphatic carbocycles. The Morgan fingerprint density at radius 2 is 1.88 bits per heavy atom. The highest BCUT2D eigenvalue weighted by atomic mass is 16.5. The van der Waals surface area contributed by atoms with E-state index in [1.54, 1.807) is 4.90 Å². The van der Waals surface area contributed by atoms with Gasteiger partial charge in [0.15, 0.2) is 0 Å². The molecule has 172 valence electrons. The molecule has 1 aromatic heterocycles. The second-order valence-electron chi connectivity index (χ2n) is 9.03. The fourth-order valence-electron chi connectivity index (χ4n) is 4.92. The number of hydrogen-bond acceptors (Lipinski definition) is 4. The first-order valence-corrected chi connectivity index (χ1v) is 11.6. The summed E-state index contributed by atoms with van der Waals surface area (Å²) in [5.74, 6) is -0.0958. The van der Waals surface area contributed by atoms with Gasteiger partial charge in [0, 0.05) is 54.5 Å². The van der Waals surface area contributed by atoms with E-state index in [0.29, 0.717) is 25.8 Å². The smallest absolute Gasteiger partial charge is 0.250 e. The number of benzene rings is 2. The van der Waals surface area contributed by atoms with Gasteiger partial charge in [0.1, 0.15) is 5.54 Å². The molecule has 0 spiro atoms. The number of nitrogens with one attached hydrogen (secondary N) is 2. The number of likely N-dealkylation sites (tertiary alicyclic amines) is 1. The first-order chi connectivity index (χ1) is 16.0. The van der Waals surface area contributed by atoms with Crippen LogP contribution in [0.15, 0.2) is 54.7 Å². The number of amides is 2. The second kappa shape index (κ2) is 8.90. The molecular formula is C26H30N4O3. The fraction of sp³-hybridized carbons (Fsp3) is 0.385. The van der Waals surface area contributed by atoms with E-state index >= 15 is 0 Å². The maximum atomic E-state index is 13.3. The quantitative estimate of drug-likeness (QED) is 0.607. The van der Waals surface area contributed by atoms with E-state index in [-0.39, 0.29) is 11.8 Å². The van der Waals surface area contributed by atoms with Crippen LogP contribution in [-0.2, 0) is 20.7 Å². The third-order valence-corrected chi connectivity index (χ3v) is 6.99. The first-order valence-electron chi connectivity index (χ1n) is 11.6. The van der Waals surface area contributed by atoms with Crippen molar-refractivity contribution in [3.63, 3.8) is 0 Å². The van der Waals surface area contributed by atoms with Crippen molar-refractivity contribution in [2.45, 2.75) is 31.7 Å². The van der Waals surface area contributed by atoms with E-state index in [4.69, 9.17) is 4.74 Å². The number of aromatic nitrogens is 1. The van der Waals surface area contributed by atoms with Crippen LogP contribution in [0, 0.1) is 0 Å². The molecule has 0 bridgehead atoms. The Bertz CT molecular complexity index is 1150. The predicted molar refractivity (Wildman–Crippen MR) is 129 cm³/mol. The maximum Gasteiger partial charge on any atom is 0.250 e. The molecule has 2 aliphatic heterocycles. The average Bonchev–Trinajstić information content (AvgIpc) is 3.39. The van der Waals surface area contributed by atoms with Gasteiger partial charge in [0.2, 0.25) is 11.8 Å². The number of anilines is 2. The Kier molecular flexibility index (Phi) is 5.81. The van der Waals surface area contributed by atoms with Crippen LogP contribution in [0.5, 0.6) is 0 Å². The van der Waals surface area contributed by atoms with Gasteiger partial charge in [-0.05, 0) is 55.7 Å². The molecule has 2 saturated heterocycles. The van der Waals surface area contributed by atoms with E-state index in [2.05, 4.69) is 21.3 Å². The lowest BCUT2D eigenvalue weighted by Crippen LogP contribution is -2.52. The molecule has 7 heteroatoms. The lowest BCUT2D eigenvalue weighted by atomic mass is 9.97. The number of fused-ring (bicyclic) bond motifs is 1. The van der Waals surface area contributed by atoms with Crippen molar-refractivity contribution in [2.24, 2.45) is 0 Å². The lowest BCUT2D eigenvalue weighted by Gasteiger charge is -2.34. The number of rotatable bonds is 6. The number of morpholine rings is 1. The highest BCUT2D eigenvalue weighted by molar-refractivity contribution is 6.02. The Balaban J connectivity index is 1.26. The van der Waals surface area contributed by atoms with Crippen molar-refractivity contribution in [2.75, 3.05) is 43.1 Å². The molecule has 3 heterocycles. The van der Waals surface area contributed by atoms with E-state index in [0.717, 1.165) is 54.1 Å². The molecular weight excluding hydrogens is 416 g/mol. The van der Waals surface area contributed by atoms with Crippen molar-refractivity contribution in [1.82, 2.24) is 9.88 Å². The summed E-state index contributed by atoms with van der Waals surface area (Å²) in [4.78, 5) is 33.3. The summed E-state index contributed by atoms with van der Waals surface area (Å²) in [6.07, 6.45) is 3.62. The van der Waals surface area contributed by atoms with Crippen molar-refractivity contribution >= 4 is 34.1 Å². The standard InChI is InChI=1S/C26H30N4O3/c1-26(25(32)28-20-6-8-21(9-7-20)29-14-16-33-17-15-29)12-10-24(31)30(26)13-11-19-18-27-23-5-3-2-4-22(19)23/h2-9,18,27H,10-17H2,1H3,(H,28,32). The number of ether oxygens (including phenoxy) is 1. The Morgan fingerprint density at radius 1 is 1.12 bits per heavy atom. The maximum absolute atomic E-state index is 13.3. The number of nitrogens with zero attached hydrogens (tertiary/aromatic N) is 2. The van der Waals surface area contributed by atoms with Crippen LogP contribution in [0.4, 0.5) is 11.4 Å². The Hall–Kier alpha value is -3.32. The van der Waals surface area contributed by atoms with Crippen LogP contribution in [-0.4, -0.2) is 60.1 Å². The van der Waals surface area contributed by atoms with Gasteiger partial charge in [-0.1, -0.05) is 18.2 Å². The molecule has 2 fully saturated rings. The minimum absolute atomic E-state index is 0.0372. The number of aromatic amines is 1. The van der Waals surface area contributed by atoms with Gasteiger partial charge < -0.3 is 24.8 Å². The SMILES string of the molecule is CC1(C(=O)Nc2ccc(N3CCOCC3)cc2)CCC(=O)N1CCc1c[nH]c2ccccc12. The number of para-hydroxylation sites is 1. The van der Waals surface area contributed by atoms with Crippen LogP contribution in [0.2, 0.25) is 0 Å². The van der Waals surface area contributed by atoms with Gasteiger partial charge in [-0.25, -0.2) is 0 Å². The fourth-order valence-corrected chi connectivity index (χ4v) is 4.92. The number of H-pyrrole nitrogens is 1. The summed E-state index contributed by atoms with van der Waals surface area (Å²) in [6.45, 7) is 5.61. The molecule has 1 atom stereocenters. The predicted octanol–water partition coefficient (Wildman–Crippen LogP) is 3.57. The van der Waals surface area contributed by atoms with Gasteiger partial charge in [-0.15, -0.1) is 0 Å². The highest BCUT2D eigenvalue weighted by Gasteiger charge is 2.47. The van der Waals surface area contributed by atoms with E-state index in [1.165, 1.54) is 0 Å². The Morgan fingerprint density at radius 3 is 2.67 bits per heavy atom. The summed E-state index contributed by atoms with van der Waals surface area (Å²) in [6, 6.07) is 16.1. The third kappa shape index (κ3) is 4.20. The van der Waals surface area contributed by atoms with Crippen LogP contribution < -0.4 is 10.2 Å². The third-order valence-electron chi connectivity index (χ3n) is 6.99. The summed E-state index contributed by atoms with van der Waals surface area (Å²) in [5.41, 5.74) is 3.26. The zero-order valence-electron chi connectivity index (χ0n) is 19.0. The minimum Gasteiger partial charge on any atom is -0.378 e. The second-order valence-corrected chi connectivity index (χ2v) is 9.03. The molecule has 1 unspecified atom stereocenters. The van der Waals surface area contributed by atoms with Crippen LogP contribution in [0.3, 0.4) is 0 Å². The highest BCUT2D eigenvalue weighted by Crippen LogP contribution is 2.32. The van der Waals surface area contributed by atoms with Crippen molar-refractivity contribution < 1.29 is 14.3 Å². The van der Waals surface area contributed by atoms with Gasteiger partial charge in [0.05, 0.1) is 13.2 Å². The molecule has 0 radical (unpaired) electrons. The van der Waals surface area contributed by atoms with Gasteiger partial charge in [-0.3, -0.25) is 9.59 Å². The van der Waals surface area contributed by atoms with Crippen LogP contribution >= 0.6 is 0 Å². The van der Waals surface area contributed by atoms with E-state index in [1.807, 2.05) is 55.6 Å². The molecule has 0 saturated carbocycles. The average molecular weight is 447 g/mol. The van der Waals surface area contributed by atoms with E-state index in [9.17, 15) is 9.59 Å². The van der Waals surface area contributed by atoms with Gasteiger partial charge in [0.25, 0.3) is 0 Å². The molecule has 5 rings (SSSR count). The largest absolute Gasteiger partial charge is 0.378 e. The zero-order valence-corrected chi connectivity index (χ0v) is 19.0. The number of carbonyl (C=O) groups is 2. The summed E-state index contributed by atoms with van der Waals surface area (Å²) < 4.78 is 5.42. The van der Waals surface area contributed by atoms with Crippen LogP contribution in [0.25, 0.3) is 10.9 Å². The van der Waals surface area contributed by atoms with Crippen molar-refractivity contribution in [3.8, 4) is 0 Å². The van der Waals surface area contributed by atoms with Crippen LogP contribution in [0.1, 0.15) is 25.3 Å². The normalized spacial score (nSPS) is 21.1. The number of carbonyl (C=O) groups excluding carboxylic acids is 2. The molecule has 7 nitrogen and oxygen atoms in total. The molecule has 2 aliphatic rings. The molecule has 2 aromatic carbocycles. The number of hydrogen-bond donors (Lipinski definition) is 2. The molecule has 3 aromatic rings. The topological polar surface area (TPSA) is 77.7 Å². The zero-order chi connectivity index (χ0) is 22.8. The van der Waals surface area contributed by atoms with Gasteiger partial charge in [-0.2, -0.15) is 0 Å². The summed E-state index contributed by atoms with van der Waals surface area (Å²) in [5, 5.41) is 4.21. The molecule has 33 heavy (non-hydrogen) atoms. The first kappa shape index (κ1) is 21.5. The Labute approximate surface area is 193 Å². The summed E-state index contributed by atoms with van der Waals surface area (Å²) in [7, 11) is 0. The monoisotopic (exact) mass is 446 g/mol. The molecule has 2 N–H and O–H groups in total. The minimum atomic E-state index is -0.855.